The zero-order valence-electron chi connectivity index (χ0n) is 27.8. The fraction of sp³-hybridized carbons (Fsp3) is 0.526. The molecule has 2 aromatic rings. The SMILES string of the molecule is CCN(CC1=CCC([C@H]2C(C(=O)Nc3cccc(C(C)(C)C)c3)CCCN2C(=O)c2c(C)cccc2F)C=C1)C1CCOC1C. The number of aryl methyl sites for hydroxylation is 1. The minimum Gasteiger partial charge on any atom is -0.377 e. The first-order valence-electron chi connectivity index (χ1n) is 16.7. The van der Waals surface area contributed by atoms with Gasteiger partial charge in [-0.3, -0.25) is 14.5 Å². The van der Waals surface area contributed by atoms with Crippen LogP contribution >= 0.6 is 0 Å². The molecule has 0 radical (unpaired) electrons. The summed E-state index contributed by atoms with van der Waals surface area (Å²) in [7, 11) is 0. The lowest BCUT2D eigenvalue weighted by Gasteiger charge is -2.44. The van der Waals surface area contributed by atoms with Gasteiger partial charge in [0.15, 0.2) is 0 Å². The van der Waals surface area contributed by atoms with Crippen LogP contribution in [0.1, 0.15) is 81.8 Å². The maximum Gasteiger partial charge on any atom is 0.257 e. The van der Waals surface area contributed by atoms with Crippen molar-refractivity contribution in [1.82, 2.24) is 9.80 Å². The number of benzene rings is 2. The van der Waals surface area contributed by atoms with Gasteiger partial charge >= 0.3 is 0 Å². The van der Waals surface area contributed by atoms with E-state index in [0.717, 1.165) is 37.4 Å². The number of likely N-dealkylation sites (tertiary alicyclic amines) is 1. The minimum atomic E-state index is -0.518. The monoisotopic (exact) mass is 615 g/mol. The molecule has 7 heteroatoms. The Morgan fingerprint density at radius 1 is 1.13 bits per heavy atom. The van der Waals surface area contributed by atoms with Crippen molar-refractivity contribution >= 4 is 17.5 Å². The third kappa shape index (κ3) is 7.41. The van der Waals surface area contributed by atoms with Crippen LogP contribution in [0.2, 0.25) is 0 Å². The van der Waals surface area contributed by atoms with Crippen LogP contribution in [0.5, 0.6) is 0 Å². The molecule has 1 N–H and O–H groups in total. The van der Waals surface area contributed by atoms with Crippen LogP contribution in [-0.4, -0.2) is 66.0 Å². The van der Waals surface area contributed by atoms with Crippen molar-refractivity contribution in [3.05, 3.63) is 88.8 Å². The van der Waals surface area contributed by atoms with Gasteiger partial charge in [-0.25, -0.2) is 4.39 Å². The third-order valence-electron chi connectivity index (χ3n) is 9.96. The van der Waals surface area contributed by atoms with Gasteiger partial charge < -0.3 is 15.0 Å². The fourth-order valence-corrected chi connectivity index (χ4v) is 7.37. The highest BCUT2D eigenvalue weighted by molar-refractivity contribution is 5.98. The molecule has 2 heterocycles. The Labute approximate surface area is 268 Å². The molecule has 242 valence electrons. The molecule has 0 aromatic heterocycles. The van der Waals surface area contributed by atoms with Gasteiger partial charge in [0.05, 0.1) is 23.6 Å². The number of halogens is 1. The number of hydrogen-bond acceptors (Lipinski definition) is 4. The van der Waals surface area contributed by atoms with Crippen molar-refractivity contribution < 1.29 is 18.7 Å². The first-order chi connectivity index (χ1) is 21.5. The number of hydrogen-bond donors (Lipinski definition) is 1. The predicted molar refractivity (Wildman–Crippen MR) is 179 cm³/mol. The van der Waals surface area contributed by atoms with E-state index in [1.165, 1.54) is 11.6 Å². The zero-order chi connectivity index (χ0) is 32.3. The van der Waals surface area contributed by atoms with Crippen molar-refractivity contribution in [3.63, 3.8) is 0 Å². The molecule has 5 atom stereocenters. The van der Waals surface area contributed by atoms with E-state index < -0.39 is 17.8 Å². The van der Waals surface area contributed by atoms with Gasteiger partial charge in [-0.2, -0.15) is 0 Å². The predicted octanol–water partition coefficient (Wildman–Crippen LogP) is 7.29. The summed E-state index contributed by atoms with van der Waals surface area (Å²) in [6.07, 6.45) is 9.94. The van der Waals surface area contributed by atoms with E-state index in [2.05, 4.69) is 69.1 Å². The lowest BCUT2D eigenvalue weighted by atomic mass is 9.77. The van der Waals surface area contributed by atoms with E-state index in [1.54, 1.807) is 24.0 Å². The molecule has 0 bridgehead atoms. The minimum absolute atomic E-state index is 0.0535. The molecule has 2 saturated heterocycles. The van der Waals surface area contributed by atoms with E-state index in [1.807, 2.05) is 18.2 Å². The number of allylic oxidation sites excluding steroid dienone is 1. The molecule has 0 saturated carbocycles. The first kappa shape index (κ1) is 33.1. The average Bonchev–Trinajstić information content (AvgIpc) is 3.44. The van der Waals surface area contributed by atoms with Gasteiger partial charge in [0.1, 0.15) is 5.82 Å². The van der Waals surface area contributed by atoms with Crippen LogP contribution in [0.25, 0.3) is 0 Å². The number of carbonyl (C=O) groups is 2. The molecule has 4 unspecified atom stereocenters. The van der Waals surface area contributed by atoms with Crippen molar-refractivity contribution in [3.8, 4) is 0 Å². The van der Waals surface area contributed by atoms with Gasteiger partial charge in [-0.1, -0.05) is 70.2 Å². The summed E-state index contributed by atoms with van der Waals surface area (Å²) in [4.78, 5) is 32.4. The number of nitrogens with one attached hydrogen (secondary N) is 1. The lowest BCUT2D eigenvalue weighted by Crippen LogP contribution is -2.55. The number of rotatable bonds is 8. The normalized spacial score (nSPS) is 25.4. The number of amides is 2. The number of nitrogens with zero attached hydrogens (tertiary/aromatic N) is 2. The second-order valence-electron chi connectivity index (χ2n) is 14.0. The maximum atomic E-state index is 15.1. The van der Waals surface area contributed by atoms with Crippen LogP contribution in [0.15, 0.2) is 66.3 Å². The van der Waals surface area contributed by atoms with Gasteiger partial charge in [0.25, 0.3) is 5.91 Å². The number of likely N-dealkylation sites (N-methyl/N-ethyl adjacent to an activating group) is 1. The molecule has 2 aliphatic heterocycles. The number of carbonyl (C=O) groups excluding carboxylic acids is 2. The Hall–Kier alpha value is -3.29. The lowest BCUT2D eigenvalue weighted by molar-refractivity contribution is -0.123. The van der Waals surface area contributed by atoms with Crippen molar-refractivity contribution in [2.75, 3.05) is 31.6 Å². The van der Waals surface area contributed by atoms with Crippen LogP contribution < -0.4 is 5.32 Å². The maximum absolute atomic E-state index is 15.1. The molecule has 0 spiro atoms. The Bertz CT molecular complexity index is 1420. The van der Waals surface area contributed by atoms with E-state index >= 15 is 4.39 Å². The molecule has 2 amide bonds. The van der Waals surface area contributed by atoms with Gasteiger partial charge in [-0.15, -0.1) is 0 Å². The molecular weight excluding hydrogens is 565 g/mol. The highest BCUT2D eigenvalue weighted by Crippen LogP contribution is 2.37. The molecule has 6 nitrogen and oxygen atoms in total. The van der Waals surface area contributed by atoms with Crippen molar-refractivity contribution in [2.45, 2.75) is 90.8 Å². The van der Waals surface area contributed by atoms with Gasteiger partial charge in [-0.05, 0) is 86.4 Å². The van der Waals surface area contributed by atoms with Crippen LogP contribution in [-0.2, 0) is 14.9 Å². The Balaban J connectivity index is 1.41. The number of anilines is 1. The van der Waals surface area contributed by atoms with E-state index in [0.29, 0.717) is 37.4 Å². The highest BCUT2D eigenvalue weighted by Gasteiger charge is 2.43. The molecule has 2 aromatic carbocycles. The second kappa shape index (κ2) is 14.0. The molecule has 2 fully saturated rings. The van der Waals surface area contributed by atoms with Gasteiger partial charge in [0.2, 0.25) is 5.91 Å². The van der Waals surface area contributed by atoms with Crippen LogP contribution in [0, 0.1) is 24.6 Å². The summed E-state index contributed by atoms with van der Waals surface area (Å²) >= 11 is 0. The summed E-state index contributed by atoms with van der Waals surface area (Å²) < 4.78 is 20.9. The number of piperidine rings is 1. The van der Waals surface area contributed by atoms with E-state index in [9.17, 15) is 9.59 Å². The summed E-state index contributed by atoms with van der Waals surface area (Å²) in [5, 5.41) is 3.18. The largest absolute Gasteiger partial charge is 0.377 e. The Morgan fingerprint density at radius 2 is 1.91 bits per heavy atom. The molecule has 1 aliphatic carbocycles. The van der Waals surface area contributed by atoms with Crippen LogP contribution in [0.4, 0.5) is 10.1 Å². The third-order valence-corrected chi connectivity index (χ3v) is 9.96. The van der Waals surface area contributed by atoms with Crippen LogP contribution in [0.3, 0.4) is 0 Å². The summed E-state index contributed by atoms with van der Waals surface area (Å²) in [5.41, 5.74) is 3.79. The standard InChI is InChI=1S/C38H50FN3O3/c1-7-41(33-20-22-45-26(33)3)24-27-16-18-28(19-17-27)35-31(36(43)40-30-13-9-12-29(23-30)38(4,5)6)14-10-21-42(35)37(44)34-25(2)11-8-15-32(34)39/h8-9,11-13,15-18,23,26,28,31,33,35H,7,10,14,19-22,24H2,1-6H3,(H,40,43)/t26?,28?,31?,33?,35-/m0/s1. The molecule has 45 heavy (non-hydrogen) atoms. The second-order valence-corrected chi connectivity index (χ2v) is 14.0. The summed E-state index contributed by atoms with van der Waals surface area (Å²) in [5.74, 6) is -1.44. The van der Waals surface area contributed by atoms with Crippen molar-refractivity contribution in [2.24, 2.45) is 11.8 Å². The quantitative estimate of drug-likeness (QED) is 0.339. The first-order valence-corrected chi connectivity index (χ1v) is 16.7. The molecule has 5 rings (SSSR count). The topological polar surface area (TPSA) is 61.9 Å². The highest BCUT2D eigenvalue weighted by atomic mass is 19.1. The van der Waals surface area contributed by atoms with Gasteiger partial charge in [0, 0.05) is 37.3 Å². The summed E-state index contributed by atoms with van der Waals surface area (Å²) in [6, 6.07) is 12.8. The molecule has 3 aliphatic rings. The average molecular weight is 616 g/mol. The zero-order valence-corrected chi connectivity index (χ0v) is 27.8. The smallest absolute Gasteiger partial charge is 0.257 e. The molecular formula is C38H50FN3O3. The summed E-state index contributed by atoms with van der Waals surface area (Å²) in [6.45, 7) is 15.6. The Morgan fingerprint density at radius 3 is 2.56 bits per heavy atom. The van der Waals surface area contributed by atoms with E-state index in [4.69, 9.17) is 4.74 Å². The van der Waals surface area contributed by atoms with Crippen molar-refractivity contribution in [1.29, 1.82) is 0 Å². The fourth-order valence-electron chi connectivity index (χ4n) is 7.37. The van der Waals surface area contributed by atoms with E-state index in [-0.39, 0.29) is 34.8 Å². The Kier molecular flexibility index (Phi) is 10.3. The number of ether oxygens (including phenoxy) is 1.